The molecule has 1 heterocycles. The highest BCUT2D eigenvalue weighted by Gasteiger charge is 1.94. The fraction of sp³-hybridized carbons (Fsp3) is 0.400. The predicted molar refractivity (Wildman–Crippen MR) is 33.9 cm³/mol. The normalized spacial score (nSPS) is 9.75. The van der Waals surface area contributed by atoms with Gasteiger partial charge in [-0.15, -0.1) is 0 Å². The van der Waals surface area contributed by atoms with E-state index < -0.39 is 0 Å². The van der Waals surface area contributed by atoms with Crippen molar-refractivity contribution in [1.29, 1.82) is 0 Å². The Bertz CT molecular complexity index is 173. The summed E-state index contributed by atoms with van der Waals surface area (Å²) in [6.07, 6.45) is 0. The van der Waals surface area contributed by atoms with Crippen LogP contribution in [0, 0.1) is 6.92 Å². The van der Waals surface area contributed by atoms with Gasteiger partial charge in [0.05, 0.1) is 5.69 Å². The summed E-state index contributed by atoms with van der Waals surface area (Å²) >= 11 is 3.25. The summed E-state index contributed by atoms with van der Waals surface area (Å²) in [5.41, 5.74) is 0.947. The summed E-state index contributed by atoms with van der Waals surface area (Å²) < 4.78 is 4.78. The second-order valence-electron chi connectivity index (χ2n) is 1.56. The molecule has 3 heteroatoms. The average Bonchev–Trinajstić information content (AvgIpc) is 2.14. The molecule has 8 heavy (non-hydrogen) atoms. The largest absolute Gasteiger partial charge is 0.361 e. The van der Waals surface area contributed by atoms with Crippen molar-refractivity contribution in [2.75, 3.05) is 0 Å². The Labute approximate surface area is 56.0 Å². The Hall–Kier alpha value is -0.310. The number of hydrogen-bond acceptors (Lipinski definition) is 2. The van der Waals surface area contributed by atoms with Gasteiger partial charge in [0.15, 0.2) is 0 Å². The maximum absolute atomic E-state index is 4.78. The fourth-order valence-corrected chi connectivity index (χ4v) is 0.745. The topological polar surface area (TPSA) is 26.0 Å². The van der Waals surface area contributed by atoms with Crippen LogP contribution in [0.5, 0.6) is 0 Å². The van der Waals surface area contributed by atoms with E-state index in [4.69, 9.17) is 4.52 Å². The van der Waals surface area contributed by atoms with E-state index in [-0.39, 0.29) is 0 Å². The summed E-state index contributed by atoms with van der Waals surface area (Å²) in [5.74, 6) is 0.861. The van der Waals surface area contributed by atoms with Crippen LogP contribution in [0.25, 0.3) is 0 Å². The number of nitrogens with zero attached hydrogens (tertiary/aromatic N) is 1. The van der Waals surface area contributed by atoms with E-state index in [1.807, 2.05) is 13.0 Å². The van der Waals surface area contributed by atoms with Crippen LogP contribution >= 0.6 is 15.9 Å². The Morgan fingerprint density at radius 1 is 1.88 bits per heavy atom. The van der Waals surface area contributed by atoms with Crippen LogP contribution in [-0.2, 0) is 5.33 Å². The van der Waals surface area contributed by atoms with Crippen molar-refractivity contribution in [3.8, 4) is 0 Å². The molecule has 0 aromatic carbocycles. The third-order valence-electron chi connectivity index (χ3n) is 0.814. The van der Waals surface area contributed by atoms with Crippen LogP contribution in [0.2, 0.25) is 0 Å². The van der Waals surface area contributed by atoms with E-state index >= 15 is 0 Å². The minimum Gasteiger partial charge on any atom is -0.361 e. The molecular weight excluding hydrogens is 170 g/mol. The first kappa shape index (κ1) is 5.82. The molecule has 0 fully saturated rings. The van der Waals surface area contributed by atoms with Gasteiger partial charge in [0, 0.05) is 11.4 Å². The molecule has 0 amide bonds. The number of halogens is 1. The van der Waals surface area contributed by atoms with Crippen molar-refractivity contribution in [1.82, 2.24) is 5.16 Å². The molecule has 1 aromatic heterocycles. The van der Waals surface area contributed by atoms with E-state index in [1.165, 1.54) is 0 Å². The molecule has 1 rings (SSSR count). The molecule has 0 atom stereocenters. The van der Waals surface area contributed by atoms with Gasteiger partial charge in [-0.2, -0.15) is 0 Å². The van der Waals surface area contributed by atoms with Gasteiger partial charge in [-0.3, -0.25) is 0 Å². The first-order valence-electron chi connectivity index (χ1n) is 2.31. The van der Waals surface area contributed by atoms with Gasteiger partial charge in [0.25, 0.3) is 0 Å². The van der Waals surface area contributed by atoms with Gasteiger partial charge in [-0.1, -0.05) is 21.1 Å². The summed E-state index contributed by atoms with van der Waals surface area (Å²) in [6, 6.07) is 1.90. The summed E-state index contributed by atoms with van der Waals surface area (Å²) in [6.45, 7) is 1.87. The molecule has 44 valence electrons. The molecule has 1 aromatic rings. The molecule has 0 bridgehead atoms. The average molecular weight is 176 g/mol. The van der Waals surface area contributed by atoms with E-state index in [9.17, 15) is 0 Å². The zero-order chi connectivity index (χ0) is 5.98. The summed E-state index contributed by atoms with van der Waals surface area (Å²) in [4.78, 5) is 0. The highest BCUT2D eigenvalue weighted by atomic mass is 79.9. The molecule has 2 nitrogen and oxygen atoms in total. The van der Waals surface area contributed by atoms with Crippen molar-refractivity contribution in [3.05, 3.63) is 17.5 Å². The molecule has 0 saturated heterocycles. The van der Waals surface area contributed by atoms with Gasteiger partial charge in [-0.05, 0) is 6.92 Å². The first-order valence-corrected chi connectivity index (χ1v) is 3.43. The summed E-state index contributed by atoms with van der Waals surface area (Å²) in [5, 5.41) is 4.48. The minimum absolute atomic E-state index is 0.768. The molecule has 0 saturated carbocycles. The van der Waals surface area contributed by atoms with E-state index in [0.29, 0.717) is 0 Å². The number of aromatic nitrogens is 1. The van der Waals surface area contributed by atoms with Gasteiger partial charge in [-0.25, -0.2) is 0 Å². The lowest BCUT2D eigenvalue weighted by Gasteiger charge is -1.73. The van der Waals surface area contributed by atoms with E-state index in [1.54, 1.807) is 0 Å². The number of alkyl halides is 1. The standard InChI is InChI=1S/C5H6BrNO/c1-4-2-5(3-6)7-8-4/h2H,3H2,1H3. The number of aryl methyl sites for hydroxylation is 1. The molecule has 0 aliphatic rings. The number of hydrogen-bond donors (Lipinski definition) is 0. The van der Waals surface area contributed by atoms with Crippen molar-refractivity contribution in [3.63, 3.8) is 0 Å². The predicted octanol–water partition coefficient (Wildman–Crippen LogP) is 1.88. The van der Waals surface area contributed by atoms with Gasteiger partial charge < -0.3 is 4.52 Å². The lowest BCUT2D eigenvalue weighted by molar-refractivity contribution is 0.393. The lowest BCUT2D eigenvalue weighted by atomic mass is 10.4. The minimum atomic E-state index is 0.768. The third kappa shape index (κ3) is 1.10. The zero-order valence-electron chi connectivity index (χ0n) is 4.52. The molecule has 0 radical (unpaired) electrons. The van der Waals surface area contributed by atoms with Crippen molar-refractivity contribution in [2.45, 2.75) is 12.3 Å². The number of rotatable bonds is 1. The first-order chi connectivity index (χ1) is 3.83. The Balaban J connectivity index is 2.84. The molecular formula is C5H6BrNO. The third-order valence-corrected chi connectivity index (χ3v) is 1.39. The van der Waals surface area contributed by atoms with Crippen LogP contribution < -0.4 is 0 Å². The van der Waals surface area contributed by atoms with Crippen LogP contribution in [-0.4, -0.2) is 5.16 Å². The lowest BCUT2D eigenvalue weighted by Crippen LogP contribution is -1.69. The van der Waals surface area contributed by atoms with E-state index in [0.717, 1.165) is 16.8 Å². The Morgan fingerprint density at radius 2 is 2.62 bits per heavy atom. The quantitative estimate of drug-likeness (QED) is 0.610. The van der Waals surface area contributed by atoms with Crippen LogP contribution in [0.1, 0.15) is 11.5 Å². The monoisotopic (exact) mass is 175 g/mol. The zero-order valence-corrected chi connectivity index (χ0v) is 6.10. The maximum Gasteiger partial charge on any atom is 0.133 e. The van der Waals surface area contributed by atoms with Crippen LogP contribution in [0.3, 0.4) is 0 Å². The second-order valence-corrected chi connectivity index (χ2v) is 2.12. The molecule has 0 N–H and O–H groups in total. The van der Waals surface area contributed by atoms with Gasteiger partial charge in [0.1, 0.15) is 5.76 Å². The fourth-order valence-electron chi connectivity index (χ4n) is 0.481. The van der Waals surface area contributed by atoms with Crippen molar-refractivity contribution in [2.24, 2.45) is 0 Å². The van der Waals surface area contributed by atoms with Crippen LogP contribution in [0.15, 0.2) is 10.6 Å². The maximum atomic E-state index is 4.78. The van der Waals surface area contributed by atoms with Crippen molar-refractivity contribution < 1.29 is 4.52 Å². The van der Waals surface area contributed by atoms with E-state index in [2.05, 4.69) is 21.1 Å². The molecule has 0 aliphatic carbocycles. The molecule has 0 unspecified atom stereocenters. The van der Waals surface area contributed by atoms with Crippen molar-refractivity contribution >= 4 is 15.9 Å². The van der Waals surface area contributed by atoms with Gasteiger partial charge in [0.2, 0.25) is 0 Å². The summed E-state index contributed by atoms with van der Waals surface area (Å²) in [7, 11) is 0. The SMILES string of the molecule is Cc1cc(CBr)no1. The molecule has 0 spiro atoms. The smallest absolute Gasteiger partial charge is 0.133 e. The highest BCUT2D eigenvalue weighted by Crippen LogP contribution is 2.04. The van der Waals surface area contributed by atoms with Crippen LogP contribution in [0.4, 0.5) is 0 Å². The Morgan fingerprint density at radius 3 is 2.88 bits per heavy atom. The molecule has 0 aliphatic heterocycles. The highest BCUT2D eigenvalue weighted by molar-refractivity contribution is 9.08. The second kappa shape index (κ2) is 2.31. The van der Waals surface area contributed by atoms with Gasteiger partial charge >= 0.3 is 0 Å². The Kier molecular flexibility index (Phi) is 1.68.